The molecule has 1 amide bonds. The molecule has 7 heteroatoms. The number of aliphatic carboxylic acids is 1. The number of carboxylic acid groups (broad SMARTS) is 1. The molecule has 1 saturated heterocycles. The lowest BCUT2D eigenvalue weighted by atomic mass is 9.98. The van der Waals surface area contributed by atoms with Crippen LogP contribution in [0.15, 0.2) is 5.38 Å². The van der Waals surface area contributed by atoms with E-state index in [0.717, 1.165) is 22.9 Å². The van der Waals surface area contributed by atoms with Crippen LogP contribution in [0.3, 0.4) is 0 Å². The monoisotopic (exact) mass is 314 g/mol. The fraction of sp³-hybridized carbons (Fsp3) is 0.615. The first-order chi connectivity index (χ1) is 9.56. The zero-order chi connectivity index (χ0) is 14.5. The lowest BCUT2D eigenvalue weighted by Gasteiger charge is -2.30. The van der Waals surface area contributed by atoms with Crippen molar-refractivity contribution in [2.24, 2.45) is 5.92 Å². The molecule has 5 nitrogen and oxygen atoms in total. The zero-order valence-corrected chi connectivity index (χ0v) is 13.0. The first-order valence-corrected chi connectivity index (χ1v) is 8.59. The molecule has 20 heavy (non-hydrogen) atoms. The van der Waals surface area contributed by atoms with Crippen LogP contribution in [0.4, 0.5) is 0 Å². The highest BCUT2D eigenvalue weighted by molar-refractivity contribution is 7.99. The van der Waals surface area contributed by atoms with Gasteiger partial charge in [-0.3, -0.25) is 9.59 Å². The van der Waals surface area contributed by atoms with Gasteiger partial charge in [-0.25, -0.2) is 4.98 Å². The molecule has 2 rings (SSSR count). The van der Waals surface area contributed by atoms with Crippen molar-refractivity contribution in [1.29, 1.82) is 0 Å². The van der Waals surface area contributed by atoms with Gasteiger partial charge in [-0.15, -0.1) is 23.1 Å². The van der Waals surface area contributed by atoms with Gasteiger partial charge in [0.1, 0.15) is 0 Å². The number of aromatic nitrogens is 1. The molecule has 1 fully saturated rings. The fourth-order valence-electron chi connectivity index (χ4n) is 2.21. The van der Waals surface area contributed by atoms with Crippen molar-refractivity contribution in [3.05, 3.63) is 16.1 Å². The molecule has 0 unspecified atom stereocenters. The Bertz CT molecular complexity index is 490. The summed E-state index contributed by atoms with van der Waals surface area (Å²) < 4.78 is 0. The van der Waals surface area contributed by atoms with Gasteiger partial charge in [0.25, 0.3) is 0 Å². The number of nitrogens with zero attached hydrogens (tertiary/aromatic N) is 2. The Hall–Kier alpha value is -1.08. The molecule has 0 spiro atoms. The van der Waals surface area contributed by atoms with E-state index in [1.54, 1.807) is 16.2 Å². The maximum Gasteiger partial charge on any atom is 0.308 e. The van der Waals surface area contributed by atoms with E-state index < -0.39 is 11.9 Å². The second kappa shape index (κ2) is 7.08. The summed E-state index contributed by atoms with van der Waals surface area (Å²) in [4.78, 5) is 29.1. The van der Waals surface area contributed by atoms with Crippen LogP contribution in [0.5, 0.6) is 0 Å². The minimum atomic E-state index is -0.798. The highest BCUT2D eigenvalue weighted by atomic mass is 32.2. The van der Waals surface area contributed by atoms with Crippen LogP contribution in [-0.4, -0.2) is 45.7 Å². The molecule has 110 valence electrons. The Morgan fingerprint density at radius 2 is 2.40 bits per heavy atom. The van der Waals surface area contributed by atoms with E-state index in [1.807, 2.05) is 12.3 Å². The molecule has 1 atom stereocenters. The third-order valence-corrected chi connectivity index (χ3v) is 5.04. The topological polar surface area (TPSA) is 70.5 Å². The van der Waals surface area contributed by atoms with Crippen LogP contribution >= 0.6 is 23.1 Å². The zero-order valence-electron chi connectivity index (χ0n) is 11.4. The normalized spacial score (nSPS) is 19.1. The molecule has 0 saturated carbocycles. The largest absolute Gasteiger partial charge is 0.481 e. The summed E-state index contributed by atoms with van der Waals surface area (Å²) in [6, 6.07) is 0. The van der Waals surface area contributed by atoms with Crippen molar-refractivity contribution < 1.29 is 14.7 Å². The third-order valence-electron chi connectivity index (χ3n) is 3.27. The van der Waals surface area contributed by atoms with E-state index in [9.17, 15) is 9.59 Å². The molecule has 1 N–H and O–H groups in total. The average Bonchev–Trinajstić information content (AvgIpc) is 2.84. The van der Waals surface area contributed by atoms with Gasteiger partial charge < -0.3 is 10.0 Å². The predicted octanol–water partition coefficient (Wildman–Crippen LogP) is 2.01. The lowest BCUT2D eigenvalue weighted by Crippen LogP contribution is -2.43. The van der Waals surface area contributed by atoms with Crippen molar-refractivity contribution in [3.8, 4) is 0 Å². The number of amides is 1. The van der Waals surface area contributed by atoms with Crippen LogP contribution in [0.2, 0.25) is 0 Å². The number of likely N-dealkylation sites (tertiary alicyclic amines) is 1. The van der Waals surface area contributed by atoms with Gasteiger partial charge in [0.2, 0.25) is 5.91 Å². The first-order valence-electron chi connectivity index (χ1n) is 6.55. The van der Waals surface area contributed by atoms with Crippen LogP contribution in [-0.2, 0) is 15.3 Å². The molecule has 1 aliphatic heterocycles. The second-order valence-electron chi connectivity index (χ2n) is 4.87. The number of aryl methyl sites for hydroxylation is 1. The van der Waals surface area contributed by atoms with E-state index in [2.05, 4.69) is 4.98 Å². The number of carboxylic acids is 1. The highest BCUT2D eigenvalue weighted by Gasteiger charge is 2.27. The molecule has 1 aromatic heterocycles. The summed E-state index contributed by atoms with van der Waals surface area (Å²) >= 11 is 3.15. The molecule has 2 heterocycles. The summed E-state index contributed by atoms with van der Waals surface area (Å²) in [7, 11) is 0. The van der Waals surface area contributed by atoms with E-state index in [4.69, 9.17) is 5.11 Å². The molecule has 0 aromatic carbocycles. The number of hydrogen-bond donors (Lipinski definition) is 1. The number of rotatable bonds is 5. The van der Waals surface area contributed by atoms with Crippen LogP contribution in [0.25, 0.3) is 0 Å². The SMILES string of the molecule is Cc1nc(CSCC(=O)N2CCC[C@H](C(=O)O)C2)cs1. The van der Waals surface area contributed by atoms with Crippen LogP contribution in [0.1, 0.15) is 23.5 Å². The number of hydrogen-bond acceptors (Lipinski definition) is 5. The summed E-state index contributed by atoms with van der Waals surface area (Å²) in [6.45, 7) is 2.99. The van der Waals surface area contributed by atoms with Gasteiger partial charge >= 0.3 is 5.97 Å². The van der Waals surface area contributed by atoms with Gasteiger partial charge in [0.15, 0.2) is 0 Å². The first kappa shape index (κ1) is 15.3. The molecule has 0 aliphatic carbocycles. The minimum Gasteiger partial charge on any atom is -0.481 e. The maximum absolute atomic E-state index is 12.1. The standard InChI is InChI=1S/C13H18N2O3S2/c1-9-14-11(7-20-9)6-19-8-12(16)15-4-2-3-10(5-15)13(17)18/h7,10H,2-6,8H2,1H3,(H,17,18)/t10-/m0/s1. The quantitative estimate of drug-likeness (QED) is 0.900. The van der Waals surface area contributed by atoms with Gasteiger partial charge in [-0.05, 0) is 19.8 Å². The van der Waals surface area contributed by atoms with Crippen molar-refractivity contribution in [2.75, 3.05) is 18.8 Å². The maximum atomic E-state index is 12.1. The molecular formula is C13H18N2O3S2. The molecule has 1 aliphatic rings. The Kier molecular flexibility index (Phi) is 5.42. The molecule has 0 radical (unpaired) electrons. The van der Waals surface area contributed by atoms with Crippen molar-refractivity contribution in [3.63, 3.8) is 0 Å². The van der Waals surface area contributed by atoms with Gasteiger partial charge in [0, 0.05) is 24.2 Å². The Balaban J connectivity index is 1.75. The van der Waals surface area contributed by atoms with Gasteiger partial charge in [0.05, 0.1) is 22.4 Å². The number of piperidine rings is 1. The number of carbonyl (C=O) groups excluding carboxylic acids is 1. The minimum absolute atomic E-state index is 0.0351. The molecular weight excluding hydrogens is 296 g/mol. The highest BCUT2D eigenvalue weighted by Crippen LogP contribution is 2.19. The summed E-state index contributed by atoms with van der Waals surface area (Å²) in [5.41, 5.74) is 1.01. The Morgan fingerprint density at radius 3 is 3.05 bits per heavy atom. The van der Waals surface area contributed by atoms with E-state index in [0.29, 0.717) is 25.3 Å². The number of thiazole rings is 1. The van der Waals surface area contributed by atoms with Crippen molar-refractivity contribution in [1.82, 2.24) is 9.88 Å². The summed E-state index contributed by atoms with van der Waals surface area (Å²) in [6.07, 6.45) is 1.45. The average molecular weight is 314 g/mol. The molecule has 0 bridgehead atoms. The molecule has 1 aromatic rings. The lowest BCUT2D eigenvalue weighted by molar-refractivity contribution is -0.145. The van der Waals surface area contributed by atoms with E-state index in [1.165, 1.54) is 11.8 Å². The number of thioether (sulfide) groups is 1. The van der Waals surface area contributed by atoms with E-state index >= 15 is 0 Å². The summed E-state index contributed by atoms with van der Waals surface area (Å²) in [5, 5.41) is 12.1. The third kappa shape index (κ3) is 4.21. The Labute approximate surface area is 126 Å². The van der Waals surface area contributed by atoms with Crippen LogP contribution < -0.4 is 0 Å². The van der Waals surface area contributed by atoms with Crippen molar-refractivity contribution >= 4 is 35.0 Å². The predicted molar refractivity (Wildman–Crippen MR) is 80.0 cm³/mol. The van der Waals surface area contributed by atoms with Crippen molar-refractivity contribution in [2.45, 2.75) is 25.5 Å². The van der Waals surface area contributed by atoms with Gasteiger partial charge in [-0.2, -0.15) is 0 Å². The number of carbonyl (C=O) groups is 2. The van der Waals surface area contributed by atoms with Gasteiger partial charge in [-0.1, -0.05) is 0 Å². The van der Waals surface area contributed by atoms with Crippen LogP contribution in [0, 0.1) is 12.8 Å². The Morgan fingerprint density at radius 1 is 1.60 bits per heavy atom. The smallest absolute Gasteiger partial charge is 0.308 e. The summed E-state index contributed by atoms with van der Waals surface area (Å²) in [5.74, 6) is -0.0465. The second-order valence-corrected chi connectivity index (χ2v) is 6.92. The van der Waals surface area contributed by atoms with E-state index in [-0.39, 0.29) is 5.91 Å². The fourth-order valence-corrected chi connectivity index (χ4v) is 3.75.